The summed E-state index contributed by atoms with van der Waals surface area (Å²) in [5, 5.41) is 0. The lowest BCUT2D eigenvalue weighted by Crippen LogP contribution is -1.96. The van der Waals surface area contributed by atoms with Crippen LogP contribution in [0.1, 0.15) is 5.56 Å². The zero-order valence-electron chi connectivity index (χ0n) is 11.5. The molecule has 0 saturated heterocycles. The fourth-order valence-electron chi connectivity index (χ4n) is 2.24. The van der Waals surface area contributed by atoms with Gasteiger partial charge in [-0.3, -0.25) is 0 Å². The number of hydrogen-bond donors (Lipinski definition) is 1. The number of H-pyrrole nitrogens is 1. The van der Waals surface area contributed by atoms with Gasteiger partial charge in [0.15, 0.2) is 9.84 Å². The Labute approximate surface area is 131 Å². The van der Waals surface area contributed by atoms with Crippen molar-refractivity contribution in [2.75, 3.05) is 6.26 Å². The third-order valence-corrected chi connectivity index (χ3v) is 4.93. The van der Waals surface area contributed by atoms with Crippen molar-refractivity contribution in [2.45, 2.75) is 11.8 Å². The van der Waals surface area contributed by atoms with Gasteiger partial charge in [-0.2, -0.15) is 0 Å². The van der Waals surface area contributed by atoms with Crippen LogP contribution in [0.2, 0.25) is 0 Å². The minimum absolute atomic E-state index is 0.290. The van der Waals surface area contributed by atoms with Crippen LogP contribution in [0.5, 0.6) is 0 Å². The summed E-state index contributed by atoms with van der Waals surface area (Å²) in [5.41, 5.74) is 3.55. The van der Waals surface area contributed by atoms with E-state index in [-0.39, 0.29) is 4.90 Å². The maximum absolute atomic E-state index is 11.6. The number of hydrogen-bond acceptors (Lipinski definition) is 3. The molecule has 0 atom stereocenters. The van der Waals surface area contributed by atoms with Crippen LogP contribution in [0.3, 0.4) is 0 Å². The number of nitrogens with zero attached hydrogens (tertiary/aromatic N) is 1. The van der Waals surface area contributed by atoms with Gasteiger partial charge in [-0.1, -0.05) is 15.9 Å². The van der Waals surface area contributed by atoms with Crippen molar-refractivity contribution in [2.24, 2.45) is 0 Å². The summed E-state index contributed by atoms with van der Waals surface area (Å²) in [4.78, 5) is 8.01. The highest BCUT2D eigenvalue weighted by atomic mass is 79.9. The highest BCUT2D eigenvalue weighted by molar-refractivity contribution is 9.10. The summed E-state index contributed by atoms with van der Waals surface area (Å²) in [7, 11) is -3.22. The first-order valence-electron chi connectivity index (χ1n) is 6.31. The average molecular weight is 365 g/mol. The van der Waals surface area contributed by atoms with Gasteiger partial charge < -0.3 is 4.98 Å². The molecule has 21 heavy (non-hydrogen) atoms. The van der Waals surface area contributed by atoms with Crippen LogP contribution in [0.25, 0.3) is 22.4 Å². The van der Waals surface area contributed by atoms with Crippen LogP contribution < -0.4 is 0 Å². The molecule has 1 heterocycles. The van der Waals surface area contributed by atoms with Gasteiger partial charge in [-0.15, -0.1) is 0 Å². The third-order valence-electron chi connectivity index (χ3n) is 3.33. The molecule has 1 N–H and O–H groups in total. The summed E-state index contributed by atoms with van der Waals surface area (Å²) in [6, 6.07) is 10.9. The first-order chi connectivity index (χ1) is 9.84. The van der Waals surface area contributed by atoms with Crippen LogP contribution in [-0.2, 0) is 9.84 Å². The van der Waals surface area contributed by atoms with Crippen LogP contribution in [0, 0.1) is 6.92 Å². The van der Waals surface area contributed by atoms with E-state index < -0.39 is 9.84 Å². The van der Waals surface area contributed by atoms with Gasteiger partial charge in [0, 0.05) is 16.3 Å². The maximum Gasteiger partial charge on any atom is 0.175 e. The SMILES string of the molecule is Cc1cc(Br)ccc1-c1nc2ccc(S(C)(=O)=O)cc2[nH]1. The molecule has 4 nitrogen and oxygen atoms in total. The van der Waals surface area contributed by atoms with Gasteiger partial charge in [0.2, 0.25) is 0 Å². The number of aryl methyl sites for hydroxylation is 1. The number of benzene rings is 2. The lowest BCUT2D eigenvalue weighted by Gasteiger charge is -2.02. The predicted molar refractivity (Wildman–Crippen MR) is 87.1 cm³/mol. The molecular formula is C15H13BrN2O2S. The fraction of sp³-hybridized carbons (Fsp3) is 0.133. The minimum Gasteiger partial charge on any atom is -0.338 e. The molecule has 3 rings (SSSR count). The Morgan fingerprint density at radius 2 is 1.90 bits per heavy atom. The van der Waals surface area contributed by atoms with E-state index in [1.165, 1.54) is 6.26 Å². The second-order valence-electron chi connectivity index (χ2n) is 5.00. The molecule has 0 amide bonds. The van der Waals surface area contributed by atoms with Crippen molar-refractivity contribution in [3.8, 4) is 11.4 Å². The Morgan fingerprint density at radius 1 is 1.14 bits per heavy atom. The number of aromatic amines is 1. The van der Waals surface area contributed by atoms with Gasteiger partial charge in [0.1, 0.15) is 5.82 Å². The summed E-state index contributed by atoms with van der Waals surface area (Å²) in [6.45, 7) is 2.01. The molecule has 0 saturated carbocycles. The molecule has 3 aromatic rings. The standard InChI is InChI=1S/C15H13BrN2O2S/c1-9-7-10(16)3-5-12(9)15-17-13-6-4-11(21(2,19)20)8-14(13)18-15/h3-8H,1-2H3,(H,17,18). The molecule has 1 aromatic heterocycles. The molecule has 108 valence electrons. The minimum atomic E-state index is -3.22. The van der Waals surface area contributed by atoms with Crippen molar-refractivity contribution in [1.29, 1.82) is 0 Å². The van der Waals surface area contributed by atoms with E-state index in [0.717, 1.165) is 32.5 Å². The van der Waals surface area contributed by atoms with Gasteiger partial charge in [0.05, 0.1) is 15.9 Å². The van der Waals surface area contributed by atoms with E-state index in [4.69, 9.17) is 0 Å². The van der Waals surface area contributed by atoms with Gasteiger partial charge in [0.25, 0.3) is 0 Å². The predicted octanol–water partition coefficient (Wildman–Crippen LogP) is 3.70. The van der Waals surface area contributed by atoms with Crippen LogP contribution in [-0.4, -0.2) is 24.6 Å². The molecule has 2 aromatic carbocycles. The maximum atomic E-state index is 11.6. The number of imidazole rings is 1. The van der Waals surface area contributed by atoms with E-state index >= 15 is 0 Å². The molecule has 0 aliphatic rings. The molecular weight excluding hydrogens is 352 g/mol. The Balaban J connectivity index is 2.17. The normalized spacial score (nSPS) is 12.0. The lowest BCUT2D eigenvalue weighted by atomic mass is 10.1. The van der Waals surface area contributed by atoms with Crippen LogP contribution in [0.15, 0.2) is 45.8 Å². The number of halogens is 1. The highest BCUT2D eigenvalue weighted by Gasteiger charge is 2.12. The summed E-state index contributed by atoms with van der Waals surface area (Å²) >= 11 is 3.44. The largest absolute Gasteiger partial charge is 0.338 e. The van der Waals surface area contributed by atoms with Crippen molar-refractivity contribution in [3.05, 3.63) is 46.4 Å². The first-order valence-corrected chi connectivity index (χ1v) is 8.99. The van der Waals surface area contributed by atoms with Crippen molar-refractivity contribution < 1.29 is 8.42 Å². The Bertz CT molecular complexity index is 945. The Kier molecular flexibility index (Phi) is 3.37. The smallest absolute Gasteiger partial charge is 0.175 e. The number of sulfone groups is 1. The topological polar surface area (TPSA) is 62.8 Å². The molecule has 0 fully saturated rings. The molecule has 0 unspecified atom stereocenters. The molecule has 0 spiro atoms. The van der Waals surface area contributed by atoms with Crippen molar-refractivity contribution in [3.63, 3.8) is 0 Å². The zero-order valence-corrected chi connectivity index (χ0v) is 13.9. The first kappa shape index (κ1) is 14.3. The van der Waals surface area contributed by atoms with Crippen molar-refractivity contribution >= 4 is 36.8 Å². The van der Waals surface area contributed by atoms with E-state index in [0.29, 0.717) is 0 Å². The average Bonchev–Trinajstić information content (AvgIpc) is 2.79. The van der Waals surface area contributed by atoms with E-state index in [1.54, 1.807) is 18.2 Å². The van der Waals surface area contributed by atoms with Gasteiger partial charge in [-0.25, -0.2) is 13.4 Å². The Morgan fingerprint density at radius 3 is 2.57 bits per heavy atom. The number of rotatable bonds is 2. The van der Waals surface area contributed by atoms with Gasteiger partial charge in [-0.05, 0) is 48.9 Å². The van der Waals surface area contributed by atoms with E-state index in [1.807, 2.05) is 25.1 Å². The second kappa shape index (κ2) is 4.96. The third kappa shape index (κ3) is 2.73. The lowest BCUT2D eigenvalue weighted by molar-refractivity contribution is 0.602. The van der Waals surface area contributed by atoms with E-state index in [9.17, 15) is 8.42 Å². The molecule has 0 aliphatic carbocycles. The van der Waals surface area contributed by atoms with Crippen molar-refractivity contribution in [1.82, 2.24) is 9.97 Å². The summed E-state index contributed by atoms with van der Waals surface area (Å²) < 4.78 is 24.2. The number of nitrogens with one attached hydrogen (secondary N) is 1. The van der Waals surface area contributed by atoms with Crippen LogP contribution in [0.4, 0.5) is 0 Å². The highest BCUT2D eigenvalue weighted by Crippen LogP contribution is 2.27. The molecule has 6 heteroatoms. The number of fused-ring (bicyclic) bond motifs is 1. The quantitative estimate of drug-likeness (QED) is 0.753. The molecule has 0 bridgehead atoms. The fourth-order valence-corrected chi connectivity index (χ4v) is 3.36. The second-order valence-corrected chi connectivity index (χ2v) is 7.93. The van der Waals surface area contributed by atoms with Gasteiger partial charge >= 0.3 is 0 Å². The summed E-state index contributed by atoms with van der Waals surface area (Å²) in [5.74, 6) is 0.737. The van der Waals surface area contributed by atoms with E-state index in [2.05, 4.69) is 25.9 Å². The Hall–Kier alpha value is -1.66. The van der Waals surface area contributed by atoms with Crippen LogP contribution >= 0.6 is 15.9 Å². The molecule has 0 radical (unpaired) electrons. The molecule has 0 aliphatic heterocycles. The number of aromatic nitrogens is 2. The monoisotopic (exact) mass is 364 g/mol. The summed E-state index contributed by atoms with van der Waals surface area (Å²) in [6.07, 6.45) is 1.20. The zero-order chi connectivity index (χ0) is 15.2.